The molecule has 1 heterocycles. The number of likely N-dealkylation sites (tertiary alicyclic amines) is 1. The van der Waals surface area contributed by atoms with Crippen LogP contribution >= 0.6 is 9.47 Å². The number of rotatable bonds is 3. The minimum Gasteiger partial charge on any atom is -0.444 e. The maximum Gasteiger partial charge on any atom is 0.410 e. The quantitative estimate of drug-likeness (QED) is 0.798. The number of nitrogens with zero attached hydrogens (tertiary/aromatic N) is 1. The van der Waals surface area contributed by atoms with E-state index >= 15 is 0 Å². The SMILES string of the molecule is CC(C)(C)OC(=O)N1CCC([C@@H](N)COP)CC1. The zero-order valence-corrected chi connectivity index (χ0v) is 12.7. The molecule has 0 aromatic rings. The van der Waals surface area contributed by atoms with Gasteiger partial charge in [0.15, 0.2) is 0 Å². The van der Waals surface area contributed by atoms with E-state index in [2.05, 4.69) is 9.47 Å². The van der Waals surface area contributed by atoms with Crippen LogP contribution in [-0.2, 0) is 9.26 Å². The highest BCUT2D eigenvalue weighted by Crippen LogP contribution is 2.22. The maximum atomic E-state index is 11.9. The minimum atomic E-state index is -0.433. The molecule has 1 rings (SSSR count). The van der Waals surface area contributed by atoms with Gasteiger partial charge in [-0.25, -0.2) is 4.79 Å². The van der Waals surface area contributed by atoms with Crippen molar-refractivity contribution in [2.24, 2.45) is 11.7 Å². The predicted octanol–water partition coefficient (Wildman–Crippen LogP) is 1.77. The number of carbonyl (C=O) groups excluding carboxylic acids is 1. The van der Waals surface area contributed by atoms with Crippen molar-refractivity contribution in [2.75, 3.05) is 19.7 Å². The summed E-state index contributed by atoms with van der Waals surface area (Å²) >= 11 is 0. The summed E-state index contributed by atoms with van der Waals surface area (Å²) in [6.07, 6.45) is 1.60. The smallest absolute Gasteiger partial charge is 0.410 e. The molecule has 0 aromatic carbocycles. The van der Waals surface area contributed by atoms with E-state index in [-0.39, 0.29) is 12.1 Å². The van der Waals surface area contributed by atoms with E-state index in [1.165, 1.54) is 0 Å². The Labute approximate surface area is 112 Å². The first-order chi connectivity index (χ1) is 8.33. The van der Waals surface area contributed by atoms with Crippen LogP contribution in [0.15, 0.2) is 0 Å². The molecule has 0 spiro atoms. The van der Waals surface area contributed by atoms with Gasteiger partial charge in [-0.05, 0) is 39.5 Å². The number of piperidine rings is 1. The fraction of sp³-hybridized carbons (Fsp3) is 0.917. The number of hydrogen-bond donors (Lipinski definition) is 1. The van der Waals surface area contributed by atoms with Gasteiger partial charge < -0.3 is 19.9 Å². The van der Waals surface area contributed by atoms with Gasteiger partial charge in [0, 0.05) is 28.6 Å². The molecule has 1 aliphatic rings. The molecule has 1 saturated heterocycles. The molecule has 6 heteroatoms. The zero-order valence-electron chi connectivity index (χ0n) is 11.5. The Morgan fingerprint density at radius 1 is 1.44 bits per heavy atom. The topological polar surface area (TPSA) is 64.8 Å². The highest BCUT2D eigenvalue weighted by molar-refractivity contribution is 7.09. The first kappa shape index (κ1) is 15.7. The van der Waals surface area contributed by atoms with E-state index in [1.54, 1.807) is 4.90 Å². The lowest BCUT2D eigenvalue weighted by Gasteiger charge is -2.35. The summed E-state index contributed by atoms with van der Waals surface area (Å²) in [5, 5.41) is 0. The average Bonchev–Trinajstić information content (AvgIpc) is 2.27. The van der Waals surface area contributed by atoms with E-state index in [9.17, 15) is 4.79 Å². The Morgan fingerprint density at radius 3 is 2.44 bits per heavy atom. The van der Waals surface area contributed by atoms with Crippen LogP contribution < -0.4 is 5.73 Å². The molecule has 1 aliphatic heterocycles. The Hall–Kier alpha value is -0.380. The van der Waals surface area contributed by atoms with Gasteiger partial charge in [-0.15, -0.1) is 0 Å². The van der Waals surface area contributed by atoms with Gasteiger partial charge in [-0.2, -0.15) is 0 Å². The summed E-state index contributed by atoms with van der Waals surface area (Å²) in [5.41, 5.74) is 5.58. The first-order valence-electron chi connectivity index (χ1n) is 6.38. The van der Waals surface area contributed by atoms with Crippen LogP contribution in [0.3, 0.4) is 0 Å². The van der Waals surface area contributed by atoms with Crippen molar-refractivity contribution in [3.63, 3.8) is 0 Å². The van der Waals surface area contributed by atoms with E-state index in [4.69, 9.17) is 15.0 Å². The third-order valence-corrected chi connectivity index (χ3v) is 3.28. The van der Waals surface area contributed by atoms with Gasteiger partial charge in [-0.3, -0.25) is 0 Å². The molecule has 0 bridgehead atoms. The van der Waals surface area contributed by atoms with Crippen LogP contribution in [0.25, 0.3) is 0 Å². The maximum absolute atomic E-state index is 11.9. The molecule has 106 valence electrons. The molecule has 0 aromatic heterocycles. The highest BCUT2D eigenvalue weighted by atomic mass is 31.0. The second kappa shape index (κ2) is 6.69. The molecular formula is C12H25N2O3P. The molecule has 2 N–H and O–H groups in total. The van der Waals surface area contributed by atoms with E-state index in [0.717, 1.165) is 12.8 Å². The summed E-state index contributed by atoms with van der Waals surface area (Å²) in [6, 6.07) is 0.0447. The first-order valence-corrected chi connectivity index (χ1v) is 6.86. The molecule has 1 unspecified atom stereocenters. The lowest BCUT2D eigenvalue weighted by Crippen LogP contribution is -2.46. The Bertz CT molecular complexity index is 273. The van der Waals surface area contributed by atoms with Crippen LogP contribution in [0.1, 0.15) is 33.6 Å². The van der Waals surface area contributed by atoms with Crippen molar-refractivity contribution < 1.29 is 14.1 Å². The van der Waals surface area contributed by atoms with Gasteiger partial charge in [-0.1, -0.05) is 0 Å². The fourth-order valence-corrected chi connectivity index (χ4v) is 2.31. The third-order valence-electron chi connectivity index (χ3n) is 3.09. The fourth-order valence-electron chi connectivity index (χ4n) is 2.08. The van der Waals surface area contributed by atoms with Crippen LogP contribution in [0.5, 0.6) is 0 Å². The van der Waals surface area contributed by atoms with Crippen molar-refractivity contribution in [1.82, 2.24) is 4.90 Å². The summed E-state index contributed by atoms with van der Waals surface area (Å²) < 4.78 is 10.3. The Kier molecular flexibility index (Phi) is 5.83. The summed E-state index contributed by atoms with van der Waals surface area (Å²) in [5.74, 6) is 0.421. The van der Waals surface area contributed by atoms with Crippen molar-refractivity contribution in [3.8, 4) is 0 Å². The average molecular weight is 276 g/mol. The molecule has 0 radical (unpaired) electrons. The van der Waals surface area contributed by atoms with Crippen LogP contribution in [-0.4, -0.2) is 42.3 Å². The second-order valence-corrected chi connectivity index (χ2v) is 6.14. The third kappa shape index (κ3) is 5.09. The zero-order chi connectivity index (χ0) is 13.8. The monoisotopic (exact) mass is 276 g/mol. The Morgan fingerprint density at radius 2 is 2.00 bits per heavy atom. The Balaban J connectivity index is 2.37. The van der Waals surface area contributed by atoms with Gasteiger partial charge in [0.2, 0.25) is 0 Å². The number of carbonyl (C=O) groups is 1. The molecule has 1 amide bonds. The molecular weight excluding hydrogens is 251 g/mol. The summed E-state index contributed by atoms with van der Waals surface area (Å²) in [7, 11) is 2.22. The predicted molar refractivity (Wildman–Crippen MR) is 74.2 cm³/mol. The number of hydrogen-bond acceptors (Lipinski definition) is 4. The van der Waals surface area contributed by atoms with Crippen LogP contribution in [0, 0.1) is 5.92 Å². The van der Waals surface area contributed by atoms with Crippen LogP contribution in [0.4, 0.5) is 4.79 Å². The molecule has 2 atom stereocenters. The largest absolute Gasteiger partial charge is 0.444 e. The summed E-state index contributed by atoms with van der Waals surface area (Å²) in [4.78, 5) is 13.6. The summed E-state index contributed by atoms with van der Waals surface area (Å²) in [6.45, 7) is 7.60. The number of amides is 1. The molecule has 5 nitrogen and oxygen atoms in total. The van der Waals surface area contributed by atoms with E-state index < -0.39 is 5.60 Å². The molecule has 18 heavy (non-hydrogen) atoms. The second-order valence-electron chi connectivity index (χ2n) is 5.80. The highest BCUT2D eigenvalue weighted by Gasteiger charge is 2.29. The minimum absolute atomic E-state index is 0.0447. The van der Waals surface area contributed by atoms with Gasteiger partial charge in [0.05, 0.1) is 6.61 Å². The lowest BCUT2D eigenvalue weighted by atomic mass is 9.90. The van der Waals surface area contributed by atoms with Gasteiger partial charge >= 0.3 is 6.09 Å². The lowest BCUT2D eigenvalue weighted by molar-refractivity contribution is 0.0169. The van der Waals surface area contributed by atoms with E-state index in [0.29, 0.717) is 25.6 Å². The normalized spacial score (nSPS) is 19.7. The number of ether oxygens (including phenoxy) is 1. The van der Waals surface area contributed by atoms with Gasteiger partial charge in [0.1, 0.15) is 5.60 Å². The van der Waals surface area contributed by atoms with Crippen molar-refractivity contribution in [2.45, 2.75) is 45.3 Å². The van der Waals surface area contributed by atoms with E-state index in [1.807, 2.05) is 20.8 Å². The van der Waals surface area contributed by atoms with Crippen molar-refractivity contribution in [3.05, 3.63) is 0 Å². The van der Waals surface area contributed by atoms with Crippen molar-refractivity contribution in [1.29, 1.82) is 0 Å². The molecule has 1 fully saturated rings. The molecule has 0 saturated carbocycles. The van der Waals surface area contributed by atoms with Gasteiger partial charge in [0.25, 0.3) is 0 Å². The number of nitrogens with two attached hydrogens (primary N) is 1. The standard InChI is InChI=1S/C12H25N2O3P/c1-12(2,3)17-11(15)14-6-4-9(5-7-14)10(13)8-16-18/h9-10H,4-8,13,18H2,1-3H3/t10-/m0/s1. The van der Waals surface area contributed by atoms with Crippen LogP contribution in [0.2, 0.25) is 0 Å². The molecule has 0 aliphatic carbocycles. The van der Waals surface area contributed by atoms with Crippen molar-refractivity contribution >= 4 is 15.6 Å².